The van der Waals surface area contributed by atoms with Crippen LogP contribution in [0.4, 0.5) is 0 Å². The zero-order valence-corrected chi connectivity index (χ0v) is 13.1. The van der Waals surface area contributed by atoms with Gasteiger partial charge in [0.2, 0.25) is 0 Å². The van der Waals surface area contributed by atoms with Crippen molar-refractivity contribution in [2.45, 2.75) is 12.8 Å². The van der Waals surface area contributed by atoms with Crippen LogP contribution >= 0.6 is 15.9 Å². The van der Waals surface area contributed by atoms with Crippen molar-refractivity contribution in [2.75, 3.05) is 26.8 Å². The highest BCUT2D eigenvalue weighted by Gasteiger charge is 2.06. The number of nitrogens with one attached hydrogen (secondary N) is 1. The van der Waals surface area contributed by atoms with E-state index in [1.165, 1.54) is 0 Å². The van der Waals surface area contributed by atoms with Gasteiger partial charge >= 0.3 is 0 Å². The monoisotopic (exact) mass is 338 g/mol. The first-order valence-corrected chi connectivity index (χ1v) is 7.49. The van der Waals surface area contributed by atoms with Gasteiger partial charge in [0.1, 0.15) is 0 Å². The Morgan fingerprint density at radius 1 is 1.35 bits per heavy atom. The van der Waals surface area contributed by atoms with Crippen LogP contribution < -0.4 is 5.32 Å². The minimum absolute atomic E-state index is 0.742. The van der Waals surface area contributed by atoms with Crippen LogP contribution in [-0.4, -0.2) is 31.8 Å². The SMILES string of the molecule is COCCNCCCc1ncc(-c2cccc(Br)c2)o1. The average Bonchev–Trinajstić information content (AvgIpc) is 2.91. The first kappa shape index (κ1) is 15.2. The maximum Gasteiger partial charge on any atom is 0.194 e. The number of hydrogen-bond donors (Lipinski definition) is 1. The summed E-state index contributed by atoms with van der Waals surface area (Å²) in [5, 5.41) is 3.30. The highest BCUT2D eigenvalue weighted by Crippen LogP contribution is 2.23. The summed E-state index contributed by atoms with van der Waals surface area (Å²) in [6.07, 6.45) is 3.63. The zero-order chi connectivity index (χ0) is 14.2. The van der Waals surface area contributed by atoms with Crippen LogP contribution in [0.3, 0.4) is 0 Å². The van der Waals surface area contributed by atoms with Gasteiger partial charge in [0.25, 0.3) is 0 Å². The van der Waals surface area contributed by atoms with E-state index >= 15 is 0 Å². The molecule has 0 spiro atoms. The zero-order valence-electron chi connectivity index (χ0n) is 11.6. The summed E-state index contributed by atoms with van der Waals surface area (Å²) < 4.78 is 11.8. The molecule has 0 aliphatic rings. The molecule has 0 amide bonds. The lowest BCUT2D eigenvalue weighted by Crippen LogP contribution is -2.20. The first-order valence-electron chi connectivity index (χ1n) is 6.70. The standard InChI is InChI=1S/C15H19BrN2O2/c1-19-9-8-17-7-3-6-15-18-11-14(20-15)12-4-2-5-13(16)10-12/h2,4-5,10-11,17H,3,6-9H2,1H3. The molecule has 1 aromatic heterocycles. The van der Waals surface area contributed by atoms with Crippen LogP contribution in [-0.2, 0) is 11.2 Å². The van der Waals surface area contributed by atoms with Gasteiger partial charge in [-0.2, -0.15) is 0 Å². The Bertz CT molecular complexity index is 528. The van der Waals surface area contributed by atoms with Crippen molar-refractivity contribution in [1.82, 2.24) is 10.3 Å². The van der Waals surface area contributed by atoms with Crippen LogP contribution in [0.25, 0.3) is 11.3 Å². The molecule has 0 saturated carbocycles. The van der Waals surface area contributed by atoms with Crippen molar-refractivity contribution in [3.8, 4) is 11.3 Å². The molecule has 20 heavy (non-hydrogen) atoms. The molecular formula is C15H19BrN2O2. The van der Waals surface area contributed by atoms with Gasteiger partial charge in [0.15, 0.2) is 11.7 Å². The minimum atomic E-state index is 0.742. The third kappa shape index (κ3) is 4.74. The predicted molar refractivity (Wildman–Crippen MR) is 82.7 cm³/mol. The van der Waals surface area contributed by atoms with Gasteiger partial charge in [-0.3, -0.25) is 0 Å². The second-order valence-electron chi connectivity index (χ2n) is 4.47. The number of halogens is 1. The summed E-state index contributed by atoms with van der Waals surface area (Å²) in [7, 11) is 1.71. The number of oxazole rings is 1. The predicted octanol–water partition coefficient (Wildman–Crippen LogP) is 3.27. The molecule has 0 atom stereocenters. The molecule has 0 unspecified atom stereocenters. The van der Waals surface area contributed by atoms with E-state index in [1.54, 1.807) is 13.3 Å². The van der Waals surface area contributed by atoms with Crippen LogP contribution in [0.15, 0.2) is 39.4 Å². The summed E-state index contributed by atoms with van der Waals surface area (Å²) >= 11 is 3.46. The molecule has 0 bridgehead atoms. The normalized spacial score (nSPS) is 10.9. The van der Waals surface area contributed by atoms with Gasteiger partial charge in [-0.1, -0.05) is 28.1 Å². The summed E-state index contributed by atoms with van der Waals surface area (Å²) in [4.78, 5) is 4.32. The average molecular weight is 339 g/mol. The Kier molecular flexibility index (Phi) is 6.24. The van der Waals surface area contributed by atoms with Gasteiger partial charge in [0.05, 0.1) is 12.8 Å². The highest BCUT2D eigenvalue weighted by atomic mass is 79.9. The van der Waals surface area contributed by atoms with Crippen LogP contribution in [0.1, 0.15) is 12.3 Å². The van der Waals surface area contributed by atoms with Crippen molar-refractivity contribution in [3.05, 3.63) is 40.8 Å². The quantitative estimate of drug-likeness (QED) is 0.750. The van der Waals surface area contributed by atoms with E-state index in [0.29, 0.717) is 0 Å². The molecule has 108 valence electrons. The topological polar surface area (TPSA) is 47.3 Å². The molecule has 2 rings (SSSR count). The Hall–Kier alpha value is -1.17. The molecule has 1 N–H and O–H groups in total. The molecule has 0 aliphatic carbocycles. The van der Waals surface area contributed by atoms with Gasteiger partial charge in [-0.25, -0.2) is 4.98 Å². The van der Waals surface area contributed by atoms with Gasteiger partial charge < -0.3 is 14.5 Å². The lowest BCUT2D eigenvalue weighted by atomic mass is 10.2. The molecule has 1 heterocycles. The molecular weight excluding hydrogens is 320 g/mol. The Morgan fingerprint density at radius 2 is 2.25 bits per heavy atom. The molecule has 4 nitrogen and oxygen atoms in total. The Balaban J connectivity index is 1.80. The minimum Gasteiger partial charge on any atom is -0.441 e. The number of aryl methyl sites for hydroxylation is 1. The van der Waals surface area contributed by atoms with Gasteiger partial charge in [-0.15, -0.1) is 0 Å². The molecule has 5 heteroatoms. The summed E-state index contributed by atoms with van der Waals surface area (Å²) in [5.74, 6) is 1.60. The van der Waals surface area contributed by atoms with E-state index < -0.39 is 0 Å². The third-order valence-corrected chi connectivity index (χ3v) is 3.38. The lowest BCUT2D eigenvalue weighted by Gasteiger charge is -2.02. The number of nitrogens with zero attached hydrogens (tertiary/aromatic N) is 1. The first-order chi connectivity index (χ1) is 9.79. The maximum atomic E-state index is 5.77. The van der Waals surface area contributed by atoms with E-state index in [0.717, 1.165) is 54.2 Å². The molecule has 1 aromatic carbocycles. The van der Waals surface area contributed by atoms with Crippen molar-refractivity contribution in [2.24, 2.45) is 0 Å². The summed E-state index contributed by atoms with van der Waals surface area (Å²) in [6, 6.07) is 8.02. The van der Waals surface area contributed by atoms with Crippen molar-refractivity contribution in [1.29, 1.82) is 0 Å². The highest BCUT2D eigenvalue weighted by molar-refractivity contribution is 9.10. The number of benzene rings is 1. The van der Waals surface area contributed by atoms with E-state index in [4.69, 9.17) is 9.15 Å². The second-order valence-corrected chi connectivity index (χ2v) is 5.39. The Morgan fingerprint density at radius 3 is 3.05 bits per heavy atom. The lowest BCUT2D eigenvalue weighted by molar-refractivity contribution is 0.199. The largest absolute Gasteiger partial charge is 0.441 e. The second kappa shape index (κ2) is 8.19. The molecule has 0 radical (unpaired) electrons. The Labute approximate surface area is 127 Å². The third-order valence-electron chi connectivity index (χ3n) is 2.89. The van der Waals surface area contributed by atoms with Crippen molar-refractivity contribution in [3.63, 3.8) is 0 Å². The fourth-order valence-electron chi connectivity index (χ4n) is 1.86. The molecule has 0 aliphatic heterocycles. The number of hydrogen-bond acceptors (Lipinski definition) is 4. The number of aromatic nitrogens is 1. The summed E-state index contributed by atoms with van der Waals surface area (Å²) in [6.45, 7) is 2.56. The van der Waals surface area contributed by atoms with E-state index in [2.05, 4.69) is 26.2 Å². The molecule has 0 saturated heterocycles. The molecule has 0 fully saturated rings. The van der Waals surface area contributed by atoms with Gasteiger partial charge in [-0.05, 0) is 25.1 Å². The van der Waals surface area contributed by atoms with E-state index in [1.807, 2.05) is 24.3 Å². The smallest absolute Gasteiger partial charge is 0.194 e. The number of rotatable bonds is 8. The summed E-state index contributed by atoms with van der Waals surface area (Å²) in [5.41, 5.74) is 1.04. The van der Waals surface area contributed by atoms with E-state index in [9.17, 15) is 0 Å². The van der Waals surface area contributed by atoms with Crippen LogP contribution in [0.2, 0.25) is 0 Å². The number of methoxy groups -OCH3 is 1. The number of ether oxygens (including phenoxy) is 1. The van der Waals surface area contributed by atoms with E-state index in [-0.39, 0.29) is 0 Å². The fraction of sp³-hybridized carbons (Fsp3) is 0.400. The van der Waals surface area contributed by atoms with Gasteiger partial charge in [0, 0.05) is 30.1 Å². The van der Waals surface area contributed by atoms with Crippen molar-refractivity contribution >= 4 is 15.9 Å². The molecule has 2 aromatic rings. The fourth-order valence-corrected chi connectivity index (χ4v) is 2.26. The van der Waals surface area contributed by atoms with Crippen molar-refractivity contribution < 1.29 is 9.15 Å². The van der Waals surface area contributed by atoms with Crippen LogP contribution in [0.5, 0.6) is 0 Å². The maximum absolute atomic E-state index is 5.77. The van der Waals surface area contributed by atoms with Crippen LogP contribution in [0, 0.1) is 0 Å².